The highest BCUT2D eigenvalue weighted by Gasteiger charge is 1.92. The van der Waals surface area contributed by atoms with Crippen molar-refractivity contribution in [3.8, 4) is 0 Å². The van der Waals surface area contributed by atoms with Gasteiger partial charge in [0.25, 0.3) is 0 Å². The van der Waals surface area contributed by atoms with Gasteiger partial charge in [0, 0.05) is 6.61 Å². The number of rotatable bonds is 21. The molecule has 0 atom stereocenters. The molecule has 0 bridgehead atoms. The van der Waals surface area contributed by atoms with Crippen molar-refractivity contribution in [2.75, 3.05) is 6.61 Å². The highest BCUT2D eigenvalue weighted by molar-refractivity contribution is 4.48. The van der Waals surface area contributed by atoms with Crippen molar-refractivity contribution >= 4 is 0 Å². The molecule has 0 aliphatic carbocycles. The molecule has 0 aromatic rings. The Morgan fingerprint density at radius 3 is 0.667 bits per heavy atom. The van der Waals surface area contributed by atoms with Crippen LogP contribution in [-0.2, 0) is 0 Å². The van der Waals surface area contributed by atoms with Gasteiger partial charge in [-0.2, -0.15) is 0 Å². The molecule has 0 radical (unpaired) electrons. The summed E-state index contributed by atoms with van der Waals surface area (Å²) in [6.07, 6.45) is 30.7. The summed E-state index contributed by atoms with van der Waals surface area (Å²) < 4.78 is 0. The number of unbranched alkanes of at least 4 members (excludes halogenated alkanes) is 20. The molecule has 1 N–H and O–H groups in total. The van der Waals surface area contributed by atoms with Gasteiger partial charge in [-0.1, -0.05) is 156 Å². The molecular formula is C26H56O. The molecule has 0 fully saturated rings. The molecule has 1 heteroatoms. The zero-order chi connectivity index (χ0) is 20.3. The average molecular weight is 385 g/mol. The summed E-state index contributed by atoms with van der Waals surface area (Å²) in [5.41, 5.74) is 0. The van der Waals surface area contributed by atoms with Crippen LogP contribution in [0.1, 0.15) is 162 Å². The Morgan fingerprint density at radius 1 is 0.296 bits per heavy atom. The first-order valence-electron chi connectivity index (χ1n) is 12.9. The summed E-state index contributed by atoms with van der Waals surface area (Å²) in [6, 6.07) is 0. The first kappa shape index (κ1) is 29.2. The van der Waals surface area contributed by atoms with E-state index >= 15 is 0 Å². The average Bonchev–Trinajstić information content (AvgIpc) is 2.69. The summed E-state index contributed by atoms with van der Waals surface area (Å²) in [4.78, 5) is 0. The summed E-state index contributed by atoms with van der Waals surface area (Å²) in [5.74, 6) is 0. The molecule has 0 aromatic carbocycles. The second-order valence-corrected chi connectivity index (χ2v) is 8.44. The molecule has 0 saturated heterocycles. The monoisotopic (exact) mass is 384 g/mol. The lowest BCUT2D eigenvalue weighted by molar-refractivity contribution is 0.282. The highest BCUT2D eigenvalue weighted by Crippen LogP contribution is 2.11. The normalized spacial score (nSPS) is 10.7. The molecule has 0 aliphatic heterocycles. The maximum absolute atomic E-state index is 8.59. The van der Waals surface area contributed by atoms with Crippen LogP contribution >= 0.6 is 0 Å². The predicted octanol–water partition coefficient (Wildman–Crippen LogP) is 9.61. The van der Waals surface area contributed by atoms with E-state index in [0.717, 1.165) is 6.42 Å². The van der Waals surface area contributed by atoms with E-state index in [0.29, 0.717) is 6.61 Å². The van der Waals surface area contributed by atoms with Crippen LogP contribution in [0.25, 0.3) is 0 Å². The van der Waals surface area contributed by atoms with Crippen molar-refractivity contribution in [3.05, 3.63) is 0 Å². The van der Waals surface area contributed by atoms with Crippen LogP contribution in [0.2, 0.25) is 0 Å². The van der Waals surface area contributed by atoms with E-state index < -0.39 is 0 Å². The van der Waals surface area contributed by atoms with Gasteiger partial charge >= 0.3 is 0 Å². The molecule has 0 heterocycles. The molecule has 1 nitrogen and oxygen atoms in total. The number of hydrogen-bond acceptors (Lipinski definition) is 1. The SMILES string of the molecule is CCCCCCCCCCCCC.CCCCCCCCCCCCCO. The van der Waals surface area contributed by atoms with E-state index in [1.807, 2.05) is 0 Å². The van der Waals surface area contributed by atoms with Gasteiger partial charge in [-0.3, -0.25) is 0 Å². The van der Waals surface area contributed by atoms with Crippen molar-refractivity contribution in [2.24, 2.45) is 0 Å². The highest BCUT2D eigenvalue weighted by atomic mass is 16.2. The summed E-state index contributed by atoms with van der Waals surface area (Å²) in [6.45, 7) is 7.20. The third kappa shape index (κ3) is 33.9. The fraction of sp³-hybridized carbons (Fsp3) is 1.00. The van der Waals surface area contributed by atoms with E-state index in [1.165, 1.54) is 135 Å². The zero-order valence-corrected chi connectivity index (χ0v) is 19.7. The fourth-order valence-corrected chi connectivity index (χ4v) is 3.51. The standard InChI is InChI=1S/C13H28O.C13H28/c1-2-3-4-5-6-7-8-9-10-11-12-13-14;1-3-5-7-9-11-13-12-10-8-6-4-2/h14H,2-13H2,1H3;3-13H2,1-2H3. The molecule has 0 aliphatic rings. The number of hydrogen-bond donors (Lipinski definition) is 1. The molecule has 0 rings (SSSR count). The van der Waals surface area contributed by atoms with E-state index in [2.05, 4.69) is 20.8 Å². The fourth-order valence-electron chi connectivity index (χ4n) is 3.51. The minimum atomic E-state index is 0.372. The second-order valence-electron chi connectivity index (χ2n) is 8.44. The Kier molecular flexibility index (Phi) is 33.1. The molecular weight excluding hydrogens is 328 g/mol. The molecule has 0 unspecified atom stereocenters. The zero-order valence-electron chi connectivity index (χ0n) is 19.7. The second kappa shape index (κ2) is 30.7. The predicted molar refractivity (Wildman–Crippen MR) is 126 cm³/mol. The quantitative estimate of drug-likeness (QED) is 0.195. The number of aliphatic hydroxyl groups excluding tert-OH is 1. The maximum atomic E-state index is 8.59. The van der Waals surface area contributed by atoms with Gasteiger partial charge in [0.2, 0.25) is 0 Å². The van der Waals surface area contributed by atoms with Crippen LogP contribution in [0.15, 0.2) is 0 Å². The summed E-state index contributed by atoms with van der Waals surface area (Å²) >= 11 is 0. The van der Waals surface area contributed by atoms with Crippen LogP contribution in [0.4, 0.5) is 0 Å². The van der Waals surface area contributed by atoms with Gasteiger partial charge in [0.15, 0.2) is 0 Å². The van der Waals surface area contributed by atoms with Crippen molar-refractivity contribution in [1.29, 1.82) is 0 Å². The smallest absolute Gasteiger partial charge is 0.0431 e. The van der Waals surface area contributed by atoms with Crippen LogP contribution in [-0.4, -0.2) is 11.7 Å². The first-order chi connectivity index (χ1) is 13.3. The van der Waals surface area contributed by atoms with Gasteiger partial charge in [0.1, 0.15) is 0 Å². The van der Waals surface area contributed by atoms with Gasteiger partial charge < -0.3 is 5.11 Å². The first-order valence-corrected chi connectivity index (χ1v) is 12.9. The lowest BCUT2D eigenvalue weighted by Gasteiger charge is -2.01. The van der Waals surface area contributed by atoms with Crippen molar-refractivity contribution in [3.63, 3.8) is 0 Å². The van der Waals surface area contributed by atoms with Crippen LogP contribution in [0, 0.1) is 0 Å². The lowest BCUT2D eigenvalue weighted by atomic mass is 10.1. The van der Waals surface area contributed by atoms with Crippen LogP contribution in [0.3, 0.4) is 0 Å². The molecule has 0 saturated carbocycles. The third-order valence-electron chi connectivity index (χ3n) is 5.47. The maximum Gasteiger partial charge on any atom is 0.0431 e. The Hall–Kier alpha value is -0.0400. The van der Waals surface area contributed by atoms with Gasteiger partial charge in [0.05, 0.1) is 0 Å². The summed E-state index contributed by atoms with van der Waals surface area (Å²) in [7, 11) is 0. The summed E-state index contributed by atoms with van der Waals surface area (Å²) in [5, 5.41) is 8.59. The Morgan fingerprint density at radius 2 is 0.481 bits per heavy atom. The number of aliphatic hydroxyl groups is 1. The van der Waals surface area contributed by atoms with Crippen molar-refractivity contribution in [2.45, 2.75) is 162 Å². The van der Waals surface area contributed by atoms with Crippen molar-refractivity contribution < 1.29 is 5.11 Å². The Bertz CT molecular complexity index is 192. The van der Waals surface area contributed by atoms with E-state index in [-0.39, 0.29) is 0 Å². The van der Waals surface area contributed by atoms with E-state index in [4.69, 9.17) is 5.11 Å². The van der Waals surface area contributed by atoms with Crippen molar-refractivity contribution in [1.82, 2.24) is 0 Å². The third-order valence-corrected chi connectivity index (χ3v) is 5.47. The van der Waals surface area contributed by atoms with Gasteiger partial charge in [-0.25, -0.2) is 0 Å². The Balaban J connectivity index is 0. The minimum Gasteiger partial charge on any atom is -0.396 e. The Labute approximate surface area is 174 Å². The topological polar surface area (TPSA) is 20.2 Å². The van der Waals surface area contributed by atoms with Crippen LogP contribution < -0.4 is 0 Å². The molecule has 0 amide bonds. The molecule has 0 aromatic heterocycles. The van der Waals surface area contributed by atoms with Crippen LogP contribution in [0.5, 0.6) is 0 Å². The van der Waals surface area contributed by atoms with E-state index in [9.17, 15) is 0 Å². The van der Waals surface area contributed by atoms with E-state index in [1.54, 1.807) is 0 Å². The van der Waals surface area contributed by atoms with Gasteiger partial charge in [-0.05, 0) is 6.42 Å². The van der Waals surface area contributed by atoms with Gasteiger partial charge in [-0.15, -0.1) is 0 Å². The lowest BCUT2D eigenvalue weighted by Crippen LogP contribution is -1.84. The largest absolute Gasteiger partial charge is 0.396 e. The molecule has 166 valence electrons. The molecule has 27 heavy (non-hydrogen) atoms. The minimum absolute atomic E-state index is 0.372. The molecule has 0 spiro atoms.